The third-order valence-electron chi connectivity index (χ3n) is 2.15. The number of aryl methyl sites for hydroxylation is 2. The van der Waals surface area contributed by atoms with Crippen LogP contribution in [0.1, 0.15) is 30.0 Å². The van der Waals surface area contributed by atoms with Crippen LogP contribution in [0.5, 0.6) is 0 Å². The molecule has 7 nitrogen and oxygen atoms in total. The van der Waals surface area contributed by atoms with E-state index in [1.165, 1.54) is 4.68 Å². The molecule has 2 N–H and O–H groups in total. The van der Waals surface area contributed by atoms with Gasteiger partial charge in [-0.25, -0.2) is 9.59 Å². The Morgan fingerprint density at radius 2 is 2.06 bits per heavy atom. The van der Waals surface area contributed by atoms with Crippen molar-refractivity contribution >= 4 is 17.6 Å². The Bertz CT molecular complexity index is 465. The number of rotatable bonds is 4. The molecule has 0 bridgehead atoms. The first kappa shape index (κ1) is 14.0. The maximum absolute atomic E-state index is 11.7. The fourth-order valence-electron chi connectivity index (χ4n) is 1.41. The second-order valence-electron chi connectivity index (χ2n) is 4.09. The maximum atomic E-state index is 11.7. The fraction of sp³-hybridized carbons (Fsp3) is 0.545. The zero-order chi connectivity index (χ0) is 13.9. The monoisotopic (exact) mass is 255 g/mol. The molecule has 0 aromatic carbocycles. The lowest BCUT2D eigenvalue weighted by atomic mass is 10.3. The van der Waals surface area contributed by atoms with E-state index in [1.807, 2.05) is 0 Å². The van der Waals surface area contributed by atoms with Crippen LogP contribution in [0.25, 0.3) is 0 Å². The molecular formula is C11H17N3O4. The number of ether oxygens (including phenoxy) is 2. The molecule has 0 amide bonds. The maximum Gasteiger partial charge on any atom is 0.359 e. The minimum atomic E-state index is -0.698. The Morgan fingerprint density at radius 3 is 2.50 bits per heavy atom. The third-order valence-corrected chi connectivity index (χ3v) is 2.15. The average Bonchev–Trinajstić information content (AvgIpc) is 2.49. The van der Waals surface area contributed by atoms with Crippen molar-refractivity contribution in [1.82, 2.24) is 9.78 Å². The van der Waals surface area contributed by atoms with E-state index in [0.717, 1.165) is 0 Å². The van der Waals surface area contributed by atoms with E-state index in [1.54, 1.807) is 27.8 Å². The quantitative estimate of drug-likeness (QED) is 0.783. The van der Waals surface area contributed by atoms with Crippen molar-refractivity contribution in [1.29, 1.82) is 0 Å². The van der Waals surface area contributed by atoms with E-state index < -0.39 is 18.5 Å². The molecule has 1 heterocycles. The van der Waals surface area contributed by atoms with Gasteiger partial charge in [0.05, 0.1) is 17.5 Å². The van der Waals surface area contributed by atoms with Gasteiger partial charge in [0.2, 0.25) is 0 Å². The highest BCUT2D eigenvalue weighted by molar-refractivity contribution is 5.94. The summed E-state index contributed by atoms with van der Waals surface area (Å²) in [5.74, 6) is -1.30. The lowest BCUT2D eigenvalue weighted by molar-refractivity contribution is -0.151. The number of nitrogens with zero attached hydrogens (tertiary/aromatic N) is 2. The summed E-state index contributed by atoms with van der Waals surface area (Å²) < 4.78 is 11.0. The SMILES string of the molecule is Cc1nn(C)c(C(=O)OCC(=O)OC(C)C)c1N. The highest BCUT2D eigenvalue weighted by Crippen LogP contribution is 2.16. The summed E-state index contributed by atoms with van der Waals surface area (Å²) >= 11 is 0. The van der Waals surface area contributed by atoms with Crippen molar-refractivity contribution in [3.8, 4) is 0 Å². The molecule has 0 unspecified atom stereocenters. The molecule has 18 heavy (non-hydrogen) atoms. The van der Waals surface area contributed by atoms with Gasteiger partial charge < -0.3 is 15.2 Å². The van der Waals surface area contributed by atoms with Gasteiger partial charge in [-0.1, -0.05) is 0 Å². The molecule has 7 heteroatoms. The Hall–Kier alpha value is -2.05. The van der Waals surface area contributed by atoms with E-state index >= 15 is 0 Å². The van der Waals surface area contributed by atoms with Crippen LogP contribution in [0, 0.1) is 6.92 Å². The fourth-order valence-corrected chi connectivity index (χ4v) is 1.41. The number of hydrogen-bond acceptors (Lipinski definition) is 6. The van der Waals surface area contributed by atoms with E-state index in [0.29, 0.717) is 5.69 Å². The number of hydrogen-bond donors (Lipinski definition) is 1. The van der Waals surface area contributed by atoms with Gasteiger partial charge in [-0.2, -0.15) is 5.10 Å². The number of esters is 2. The van der Waals surface area contributed by atoms with Crippen LogP contribution in [0.4, 0.5) is 5.69 Å². The zero-order valence-electron chi connectivity index (χ0n) is 10.9. The first-order valence-electron chi connectivity index (χ1n) is 5.48. The molecule has 0 atom stereocenters. The van der Waals surface area contributed by atoms with E-state index in [-0.39, 0.29) is 17.5 Å². The zero-order valence-corrected chi connectivity index (χ0v) is 10.9. The molecular weight excluding hydrogens is 238 g/mol. The van der Waals surface area contributed by atoms with Crippen LogP contribution >= 0.6 is 0 Å². The van der Waals surface area contributed by atoms with E-state index in [2.05, 4.69) is 5.10 Å². The third kappa shape index (κ3) is 3.22. The van der Waals surface area contributed by atoms with Gasteiger partial charge in [0.1, 0.15) is 0 Å². The van der Waals surface area contributed by atoms with Gasteiger partial charge in [0.25, 0.3) is 0 Å². The highest BCUT2D eigenvalue weighted by Gasteiger charge is 2.20. The number of nitrogens with two attached hydrogens (primary N) is 1. The molecule has 0 saturated carbocycles. The first-order valence-corrected chi connectivity index (χ1v) is 5.48. The molecule has 1 aromatic rings. The van der Waals surface area contributed by atoms with Crippen molar-refractivity contribution in [2.45, 2.75) is 26.9 Å². The predicted octanol–water partition coefficient (Wildman–Crippen LogP) is 0.419. The van der Waals surface area contributed by atoms with Gasteiger partial charge in [0, 0.05) is 7.05 Å². The van der Waals surface area contributed by atoms with Crippen LogP contribution in [0.15, 0.2) is 0 Å². The molecule has 1 rings (SSSR count). The minimum absolute atomic E-state index is 0.129. The van der Waals surface area contributed by atoms with E-state index in [4.69, 9.17) is 15.2 Å². The number of anilines is 1. The van der Waals surface area contributed by atoms with Gasteiger partial charge >= 0.3 is 11.9 Å². The lowest BCUT2D eigenvalue weighted by Gasteiger charge is -2.08. The predicted molar refractivity (Wildman–Crippen MR) is 63.9 cm³/mol. The van der Waals surface area contributed by atoms with Crippen molar-refractivity contribution < 1.29 is 19.1 Å². The number of carbonyl (C=O) groups is 2. The molecule has 0 aliphatic carbocycles. The van der Waals surface area contributed by atoms with Crippen LogP contribution in [0.3, 0.4) is 0 Å². The second-order valence-corrected chi connectivity index (χ2v) is 4.09. The molecule has 1 aromatic heterocycles. The number of nitrogen functional groups attached to an aromatic ring is 1. The van der Waals surface area contributed by atoms with Crippen molar-refractivity contribution in [3.63, 3.8) is 0 Å². The van der Waals surface area contributed by atoms with Crippen LogP contribution in [0.2, 0.25) is 0 Å². The summed E-state index contributed by atoms with van der Waals surface area (Å²) in [6.07, 6.45) is -0.250. The van der Waals surface area contributed by atoms with Gasteiger partial charge in [-0.15, -0.1) is 0 Å². The van der Waals surface area contributed by atoms with Crippen molar-refractivity contribution in [2.24, 2.45) is 7.05 Å². The first-order chi connectivity index (χ1) is 8.32. The summed E-state index contributed by atoms with van der Waals surface area (Å²) in [5, 5.41) is 3.98. The topological polar surface area (TPSA) is 96.4 Å². The van der Waals surface area contributed by atoms with Gasteiger partial charge in [0.15, 0.2) is 12.3 Å². The van der Waals surface area contributed by atoms with Crippen LogP contribution < -0.4 is 5.73 Å². The van der Waals surface area contributed by atoms with Gasteiger partial charge in [-0.3, -0.25) is 4.68 Å². The van der Waals surface area contributed by atoms with Crippen molar-refractivity contribution in [2.75, 3.05) is 12.3 Å². The molecule has 0 aliphatic rings. The largest absolute Gasteiger partial charge is 0.460 e. The summed E-state index contributed by atoms with van der Waals surface area (Å²) in [4.78, 5) is 22.9. The second kappa shape index (κ2) is 5.52. The summed E-state index contributed by atoms with van der Waals surface area (Å²) in [6, 6.07) is 0. The lowest BCUT2D eigenvalue weighted by Crippen LogP contribution is -2.21. The smallest absolute Gasteiger partial charge is 0.359 e. The Balaban J connectivity index is 2.64. The summed E-state index contributed by atoms with van der Waals surface area (Å²) in [5.41, 5.74) is 6.61. The molecule has 0 saturated heterocycles. The normalized spacial score (nSPS) is 10.5. The number of carbonyl (C=O) groups excluding carboxylic acids is 2. The summed E-state index contributed by atoms with van der Waals surface area (Å²) in [6.45, 7) is 4.66. The minimum Gasteiger partial charge on any atom is -0.460 e. The van der Waals surface area contributed by atoms with Crippen LogP contribution in [-0.4, -0.2) is 34.4 Å². The Kier molecular flexibility index (Phi) is 4.30. The van der Waals surface area contributed by atoms with E-state index in [9.17, 15) is 9.59 Å². The van der Waals surface area contributed by atoms with Crippen molar-refractivity contribution in [3.05, 3.63) is 11.4 Å². The molecule has 0 fully saturated rings. The van der Waals surface area contributed by atoms with Crippen LogP contribution in [-0.2, 0) is 21.3 Å². The molecule has 100 valence electrons. The Labute approximate surface area is 105 Å². The Morgan fingerprint density at radius 1 is 1.44 bits per heavy atom. The summed E-state index contributed by atoms with van der Waals surface area (Å²) in [7, 11) is 1.58. The molecule has 0 aliphatic heterocycles. The highest BCUT2D eigenvalue weighted by atomic mass is 16.6. The average molecular weight is 255 g/mol. The number of aromatic nitrogens is 2. The molecule has 0 radical (unpaired) electrons. The standard InChI is InChI=1S/C11H17N3O4/c1-6(2)18-8(15)5-17-11(16)10-9(12)7(3)13-14(10)4/h6H,5,12H2,1-4H3. The van der Waals surface area contributed by atoms with Gasteiger partial charge in [-0.05, 0) is 20.8 Å². The molecule has 0 spiro atoms.